The number of amides is 1. The third-order valence-corrected chi connectivity index (χ3v) is 6.36. The van der Waals surface area contributed by atoms with E-state index in [0.29, 0.717) is 17.0 Å². The van der Waals surface area contributed by atoms with Crippen molar-refractivity contribution in [1.29, 1.82) is 0 Å². The van der Waals surface area contributed by atoms with Crippen molar-refractivity contribution in [2.45, 2.75) is 44.8 Å². The number of fused-ring (bicyclic) bond motifs is 1. The molecule has 0 radical (unpaired) electrons. The highest BCUT2D eigenvalue weighted by Crippen LogP contribution is 2.37. The number of aliphatic carboxylic acids is 1. The van der Waals surface area contributed by atoms with Gasteiger partial charge in [0.1, 0.15) is 23.7 Å². The fourth-order valence-corrected chi connectivity index (χ4v) is 4.65. The van der Waals surface area contributed by atoms with Gasteiger partial charge in [0.2, 0.25) is 5.91 Å². The Morgan fingerprint density at radius 2 is 1.80 bits per heavy atom. The summed E-state index contributed by atoms with van der Waals surface area (Å²) in [4.78, 5) is 25.4. The predicted molar refractivity (Wildman–Crippen MR) is 132 cm³/mol. The van der Waals surface area contributed by atoms with Gasteiger partial charge in [-0.15, -0.1) is 0 Å². The molecule has 0 aromatic heterocycles. The topological polar surface area (TPSA) is 66.8 Å². The average molecular weight is 496 g/mol. The van der Waals surface area contributed by atoms with Crippen LogP contribution in [0.3, 0.4) is 0 Å². The molecule has 35 heavy (non-hydrogen) atoms. The van der Waals surface area contributed by atoms with Gasteiger partial charge in [-0.05, 0) is 65.9 Å². The number of nitrogens with zero attached hydrogens (tertiary/aromatic N) is 1. The van der Waals surface area contributed by atoms with Crippen LogP contribution in [-0.2, 0) is 35.4 Å². The minimum Gasteiger partial charge on any atom is -0.487 e. The van der Waals surface area contributed by atoms with Crippen LogP contribution in [0.4, 0.5) is 4.39 Å². The predicted octanol–water partition coefficient (Wildman–Crippen LogP) is 5.46. The molecule has 3 aromatic carbocycles. The van der Waals surface area contributed by atoms with Gasteiger partial charge in [0.05, 0.1) is 0 Å². The summed E-state index contributed by atoms with van der Waals surface area (Å²) in [5, 5.41) is 9.94. The largest absolute Gasteiger partial charge is 0.487 e. The third-order valence-electron chi connectivity index (χ3n) is 6.11. The Labute approximate surface area is 209 Å². The minimum atomic E-state index is -1.11. The molecule has 3 aromatic rings. The van der Waals surface area contributed by atoms with E-state index in [4.69, 9.17) is 16.3 Å². The highest BCUT2D eigenvalue weighted by atomic mass is 35.5. The summed E-state index contributed by atoms with van der Waals surface area (Å²) in [7, 11) is 0. The van der Waals surface area contributed by atoms with E-state index in [0.717, 1.165) is 35.3 Å². The summed E-state index contributed by atoms with van der Waals surface area (Å²) < 4.78 is 19.8. The second-order valence-corrected chi connectivity index (χ2v) is 9.68. The number of carboxylic acids is 1. The first kappa shape index (κ1) is 24.7. The number of hydrogen-bond donors (Lipinski definition) is 1. The van der Waals surface area contributed by atoms with Crippen LogP contribution < -0.4 is 4.74 Å². The molecule has 1 atom stereocenters. The maximum atomic E-state index is 13.5. The second-order valence-electron chi connectivity index (χ2n) is 9.25. The first-order chi connectivity index (χ1) is 16.7. The fourth-order valence-electron chi connectivity index (χ4n) is 4.52. The van der Waals surface area contributed by atoms with Crippen molar-refractivity contribution in [1.82, 2.24) is 4.90 Å². The lowest BCUT2D eigenvalue weighted by Gasteiger charge is -2.24. The van der Waals surface area contributed by atoms with Crippen molar-refractivity contribution in [2.24, 2.45) is 0 Å². The minimum absolute atomic E-state index is 0.0456. The Bertz CT molecular complexity index is 1230. The van der Waals surface area contributed by atoms with Gasteiger partial charge in [-0.1, -0.05) is 48.0 Å². The highest BCUT2D eigenvalue weighted by molar-refractivity contribution is 6.30. The van der Waals surface area contributed by atoms with Gasteiger partial charge in [-0.3, -0.25) is 9.59 Å². The van der Waals surface area contributed by atoms with Gasteiger partial charge < -0.3 is 14.7 Å². The van der Waals surface area contributed by atoms with Crippen LogP contribution in [0.15, 0.2) is 66.7 Å². The van der Waals surface area contributed by atoms with Crippen LogP contribution >= 0.6 is 11.6 Å². The summed E-state index contributed by atoms with van der Waals surface area (Å²) in [6, 6.07) is 19.5. The Balaban J connectivity index is 1.38. The van der Waals surface area contributed by atoms with E-state index in [2.05, 4.69) is 13.0 Å². The van der Waals surface area contributed by atoms with Crippen molar-refractivity contribution in [3.8, 4) is 5.75 Å². The zero-order valence-corrected chi connectivity index (χ0v) is 20.2. The summed E-state index contributed by atoms with van der Waals surface area (Å²) in [6.07, 6.45) is 2.12. The van der Waals surface area contributed by atoms with Crippen LogP contribution in [0.5, 0.6) is 5.75 Å². The van der Waals surface area contributed by atoms with Crippen LogP contribution in [0, 0.1) is 5.82 Å². The number of carboxylic acid groups (broad SMARTS) is 1. The zero-order valence-electron chi connectivity index (χ0n) is 19.5. The number of halogens is 2. The maximum absolute atomic E-state index is 13.5. The van der Waals surface area contributed by atoms with Crippen molar-refractivity contribution in [2.75, 3.05) is 6.54 Å². The molecule has 0 bridgehead atoms. The first-order valence-electron chi connectivity index (χ1n) is 11.5. The smallest absolute Gasteiger partial charge is 0.323 e. The molecule has 1 N–H and O–H groups in total. The molecule has 0 aliphatic carbocycles. The number of aryl methyl sites for hydroxylation is 1. The molecule has 0 saturated carbocycles. The van der Waals surface area contributed by atoms with Crippen molar-refractivity contribution in [3.05, 3.63) is 99.8 Å². The third kappa shape index (κ3) is 6.61. The van der Waals surface area contributed by atoms with Gasteiger partial charge in [0, 0.05) is 30.8 Å². The molecular formula is C28H27ClFNO4. The molecule has 0 spiro atoms. The molecular weight excluding hydrogens is 469 g/mol. The lowest BCUT2D eigenvalue weighted by Crippen LogP contribution is -2.35. The highest BCUT2D eigenvalue weighted by Gasteiger charge is 2.35. The Morgan fingerprint density at radius 1 is 1.06 bits per heavy atom. The van der Waals surface area contributed by atoms with E-state index in [1.165, 1.54) is 17.0 Å². The van der Waals surface area contributed by atoms with Crippen molar-refractivity contribution in [3.63, 3.8) is 0 Å². The fraction of sp³-hybridized carbons (Fsp3) is 0.286. The van der Waals surface area contributed by atoms with Crippen LogP contribution in [0.25, 0.3) is 0 Å². The van der Waals surface area contributed by atoms with Crippen LogP contribution in [0.1, 0.15) is 35.6 Å². The van der Waals surface area contributed by atoms with Gasteiger partial charge in [0.15, 0.2) is 0 Å². The van der Waals surface area contributed by atoms with E-state index in [1.54, 1.807) is 12.1 Å². The summed E-state index contributed by atoms with van der Waals surface area (Å²) in [5.74, 6) is -0.978. The molecule has 7 heteroatoms. The Hall–Kier alpha value is -3.38. The van der Waals surface area contributed by atoms with Gasteiger partial charge in [-0.25, -0.2) is 4.39 Å². The van der Waals surface area contributed by atoms with Gasteiger partial charge in [0.25, 0.3) is 0 Å². The molecule has 0 fully saturated rings. The number of ether oxygens (including phenoxy) is 1. The SMILES string of the molecule is CC1(Cc2ccc(Cl)cc2)Cc2cc(CCC(=O)N(CC(=O)O)Cc3cccc(F)c3)ccc2O1. The molecule has 1 amide bonds. The van der Waals surface area contributed by atoms with E-state index < -0.39 is 18.3 Å². The molecule has 1 aliphatic rings. The van der Waals surface area contributed by atoms with Gasteiger partial charge in [-0.2, -0.15) is 0 Å². The van der Waals surface area contributed by atoms with Gasteiger partial charge >= 0.3 is 5.97 Å². The monoisotopic (exact) mass is 495 g/mol. The normalized spacial score (nSPS) is 16.4. The number of carbonyl (C=O) groups is 2. The van der Waals surface area contributed by atoms with Crippen molar-refractivity contribution >= 4 is 23.5 Å². The van der Waals surface area contributed by atoms with E-state index >= 15 is 0 Å². The number of benzene rings is 3. The second kappa shape index (κ2) is 10.5. The Kier molecular flexibility index (Phi) is 7.41. The summed E-state index contributed by atoms with van der Waals surface area (Å²) in [5.41, 5.74) is 3.40. The van der Waals surface area contributed by atoms with E-state index in [9.17, 15) is 19.1 Å². The van der Waals surface area contributed by atoms with Crippen molar-refractivity contribution < 1.29 is 23.8 Å². The van der Waals surface area contributed by atoms with Crippen LogP contribution in [-0.4, -0.2) is 34.0 Å². The molecule has 0 saturated heterocycles. The quantitative estimate of drug-likeness (QED) is 0.428. The Morgan fingerprint density at radius 3 is 2.51 bits per heavy atom. The van der Waals surface area contributed by atoms with E-state index in [-0.39, 0.29) is 24.5 Å². The lowest BCUT2D eigenvalue weighted by molar-refractivity contribution is -0.144. The average Bonchev–Trinajstić information content (AvgIpc) is 3.13. The number of carbonyl (C=O) groups excluding carboxylic acids is 1. The maximum Gasteiger partial charge on any atom is 0.323 e. The molecule has 1 aliphatic heterocycles. The van der Waals surface area contributed by atoms with E-state index in [1.807, 2.05) is 36.4 Å². The zero-order chi connectivity index (χ0) is 25.0. The van der Waals surface area contributed by atoms with Crippen LogP contribution in [0.2, 0.25) is 5.02 Å². The molecule has 4 rings (SSSR count). The molecule has 182 valence electrons. The summed E-state index contributed by atoms with van der Waals surface area (Å²) in [6.45, 7) is 1.70. The molecule has 5 nitrogen and oxygen atoms in total. The number of hydrogen-bond acceptors (Lipinski definition) is 3. The first-order valence-corrected chi connectivity index (χ1v) is 11.9. The summed E-state index contributed by atoms with van der Waals surface area (Å²) >= 11 is 5.99. The molecule has 1 heterocycles. The molecule has 1 unspecified atom stereocenters. The standard InChI is InChI=1S/C28H27ClFNO4/c1-28(15-20-5-9-23(29)10-6-20)16-22-13-19(7-11-25(22)35-28)8-12-26(32)31(18-27(33)34)17-21-3-2-4-24(30)14-21/h2-7,9-11,13-14H,8,12,15-18H2,1H3,(H,33,34). The lowest BCUT2D eigenvalue weighted by atomic mass is 9.91. The number of rotatable bonds is 9.